The van der Waals surface area contributed by atoms with Crippen molar-refractivity contribution in [3.8, 4) is 0 Å². The summed E-state index contributed by atoms with van der Waals surface area (Å²) in [6, 6.07) is 7.89. The third kappa shape index (κ3) is 3.97. The predicted molar refractivity (Wildman–Crippen MR) is 89.8 cm³/mol. The minimum absolute atomic E-state index is 0.0956. The lowest BCUT2D eigenvalue weighted by Gasteiger charge is -2.21. The highest BCUT2D eigenvalue weighted by Gasteiger charge is 2.14. The van der Waals surface area contributed by atoms with Gasteiger partial charge in [0, 0.05) is 11.9 Å². The van der Waals surface area contributed by atoms with E-state index in [2.05, 4.69) is 15.3 Å². The van der Waals surface area contributed by atoms with Gasteiger partial charge in [-0.2, -0.15) is 0 Å². The lowest BCUT2D eigenvalue weighted by molar-refractivity contribution is -0.118. The van der Waals surface area contributed by atoms with Crippen LogP contribution in [0.5, 0.6) is 0 Å². The van der Waals surface area contributed by atoms with Gasteiger partial charge in [-0.3, -0.25) is 4.79 Å². The van der Waals surface area contributed by atoms with E-state index in [-0.39, 0.29) is 5.91 Å². The number of benzene rings is 1. The van der Waals surface area contributed by atoms with Gasteiger partial charge in [0.1, 0.15) is 11.4 Å². The van der Waals surface area contributed by atoms with Crippen molar-refractivity contribution in [2.24, 2.45) is 5.92 Å². The summed E-state index contributed by atoms with van der Waals surface area (Å²) in [6.45, 7) is 0.823. The second kappa shape index (κ2) is 7.58. The van der Waals surface area contributed by atoms with Gasteiger partial charge in [0.05, 0.1) is 11.3 Å². The highest BCUT2D eigenvalue weighted by Crippen LogP contribution is 2.24. The zero-order valence-electron chi connectivity index (χ0n) is 12.6. The first kappa shape index (κ1) is 15.3. The molecule has 116 valence electrons. The third-order valence-corrected chi connectivity index (χ3v) is 5.16. The Hall–Kier alpha value is -1.62. The number of nitrogens with one attached hydrogen (secondary N) is 1. The van der Waals surface area contributed by atoms with E-state index in [9.17, 15) is 4.79 Å². The summed E-state index contributed by atoms with van der Waals surface area (Å²) in [5.41, 5.74) is 0.919. The molecule has 3 rings (SSSR count). The van der Waals surface area contributed by atoms with E-state index < -0.39 is 0 Å². The summed E-state index contributed by atoms with van der Waals surface area (Å²) >= 11 is 1.48. The van der Waals surface area contributed by atoms with E-state index in [0.717, 1.165) is 22.5 Å². The molecule has 0 unspecified atom stereocenters. The van der Waals surface area contributed by atoms with E-state index in [1.807, 2.05) is 24.3 Å². The van der Waals surface area contributed by atoms with Gasteiger partial charge in [0.2, 0.25) is 5.91 Å². The van der Waals surface area contributed by atoms with Gasteiger partial charge < -0.3 is 5.32 Å². The number of nitrogens with zero attached hydrogens (tertiary/aromatic N) is 2. The monoisotopic (exact) mass is 315 g/mol. The smallest absolute Gasteiger partial charge is 0.230 e. The first-order valence-electron chi connectivity index (χ1n) is 7.92. The number of hydrogen-bond donors (Lipinski definition) is 1. The standard InChI is InChI=1S/C17H21N3OS/c21-16(18-10-13-6-2-1-3-7-13)11-22-17-14-8-4-5-9-15(14)19-12-20-17/h4-5,8-9,12-13H,1-3,6-7,10-11H2,(H,18,21). The van der Waals surface area contributed by atoms with Crippen LogP contribution in [-0.4, -0.2) is 28.2 Å². The Morgan fingerprint density at radius 2 is 2.00 bits per heavy atom. The lowest BCUT2D eigenvalue weighted by atomic mass is 9.89. The van der Waals surface area contributed by atoms with Crippen molar-refractivity contribution in [3.05, 3.63) is 30.6 Å². The Morgan fingerprint density at radius 1 is 1.18 bits per heavy atom. The van der Waals surface area contributed by atoms with Gasteiger partial charge in [-0.1, -0.05) is 49.2 Å². The van der Waals surface area contributed by atoms with Crippen LogP contribution >= 0.6 is 11.8 Å². The van der Waals surface area contributed by atoms with Crippen molar-refractivity contribution in [3.63, 3.8) is 0 Å². The maximum absolute atomic E-state index is 12.0. The lowest BCUT2D eigenvalue weighted by Crippen LogP contribution is -2.31. The molecule has 5 heteroatoms. The van der Waals surface area contributed by atoms with Crippen molar-refractivity contribution in [2.75, 3.05) is 12.3 Å². The number of thioether (sulfide) groups is 1. The van der Waals surface area contributed by atoms with Gasteiger partial charge in [-0.05, 0) is 24.8 Å². The second-order valence-corrected chi connectivity index (χ2v) is 6.76. The van der Waals surface area contributed by atoms with E-state index in [0.29, 0.717) is 11.7 Å². The van der Waals surface area contributed by atoms with Crippen LogP contribution in [0.4, 0.5) is 0 Å². The minimum Gasteiger partial charge on any atom is -0.355 e. The molecular formula is C17H21N3OS. The van der Waals surface area contributed by atoms with Crippen LogP contribution in [0, 0.1) is 5.92 Å². The average Bonchev–Trinajstić information content (AvgIpc) is 2.59. The zero-order valence-corrected chi connectivity index (χ0v) is 13.4. The minimum atomic E-state index is 0.0956. The molecule has 0 bridgehead atoms. The van der Waals surface area contributed by atoms with Gasteiger partial charge in [0.25, 0.3) is 0 Å². The largest absolute Gasteiger partial charge is 0.355 e. The molecule has 2 aromatic rings. The molecule has 1 heterocycles. The number of hydrogen-bond acceptors (Lipinski definition) is 4. The van der Waals surface area contributed by atoms with Crippen molar-refractivity contribution < 1.29 is 4.79 Å². The molecular weight excluding hydrogens is 294 g/mol. The van der Waals surface area contributed by atoms with Crippen molar-refractivity contribution in [1.29, 1.82) is 0 Å². The summed E-state index contributed by atoms with van der Waals surface area (Å²) in [4.78, 5) is 20.6. The number of para-hydroxylation sites is 1. The van der Waals surface area contributed by atoms with Gasteiger partial charge in [-0.15, -0.1) is 0 Å². The van der Waals surface area contributed by atoms with Crippen LogP contribution in [0.3, 0.4) is 0 Å². The van der Waals surface area contributed by atoms with E-state index in [1.54, 1.807) is 6.33 Å². The Morgan fingerprint density at radius 3 is 2.86 bits per heavy atom. The summed E-state index contributed by atoms with van der Waals surface area (Å²) in [5, 5.41) is 4.95. The van der Waals surface area contributed by atoms with Crippen LogP contribution in [0.1, 0.15) is 32.1 Å². The van der Waals surface area contributed by atoms with Crippen molar-refractivity contribution in [1.82, 2.24) is 15.3 Å². The molecule has 4 nitrogen and oxygen atoms in total. The number of aromatic nitrogens is 2. The third-order valence-electron chi connectivity index (χ3n) is 4.16. The zero-order chi connectivity index (χ0) is 15.2. The number of carbonyl (C=O) groups excluding carboxylic acids is 1. The Balaban J connectivity index is 1.51. The van der Waals surface area contributed by atoms with Crippen LogP contribution in [0.15, 0.2) is 35.6 Å². The van der Waals surface area contributed by atoms with Crippen LogP contribution in [0.25, 0.3) is 10.9 Å². The molecule has 1 aliphatic carbocycles. The average molecular weight is 315 g/mol. The molecule has 1 saturated carbocycles. The molecule has 22 heavy (non-hydrogen) atoms. The van der Waals surface area contributed by atoms with Crippen LogP contribution < -0.4 is 5.32 Å². The Bertz CT molecular complexity index is 635. The molecule has 0 radical (unpaired) electrons. The van der Waals surface area contributed by atoms with Gasteiger partial charge in [-0.25, -0.2) is 9.97 Å². The molecule has 0 spiro atoms. The number of amides is 1. The Labute approximate surface area is 135 Å². The molecule has 0 atom stereocenters. The normalized spacial score (nSPS) is 15.8. The fourth-order valence-corrected chi connectivity index (χ4v) is 3.75. The highest BCUT2D eigenvalue weighted by molar-refractivity contribution is 8.00. The van der Waals surface area contributed by atoms with E-state index in [1.165, 1.54) is 43.9 Å². The fraction of sp³-hybridized carbons (Fsp3) is 0.471. The molecule has 1 aromatic heterocycles. The molecule has 1 aliphatic rings. The van der Waals surface area contributed by atoms with Crippen molar-refractivity contribution >= 4 is 28.6 Å². The van der Waals surface area contributed by atoms with Crippen molar-refractivity contribution in [2.45, 2.75) is 37.1 Å². The quantitative estimate of drug-likeness (QED) is 0.678. The summed E-state index contributed by atoms with van der Waals surface area (Å²) in [5.74, 6) is 1.18. The van der Waals surface area contributed by atoms with Gasteiger partial charge in [0.15, 0.2) is 0 Å². The second-order valence-electron chi connectivity index (χ2n) is 5.79. The highest BCUT2D eigenvalue weighted by atomic mass is 32.2. The van der Waals surface area contributed by atoms with Crippen LogP contribution in [-0.2, 0) is 4.79 Å². The molecule has 0 saturated heterocycles. The first-order chi connectivity index (χ1) is 10.8. The summed E-state index contributed by atoms with van der Waals surface area (Å²) in [6.07, 6.45) is 8.03. The number of fused-ring (bicyclic) bond motifs is 1. The molecule has 1 N–H and O–H groups in total. The van der Waals surface area contributed by atoms with Gasteiger partial charge >= 0.3 is 0 Å². The topological polar surface area (TPSA) is 54.9 Å². The summed E-state index contributed by atoms with van der Waals surface area (Å²) in [7, 11) is 0. The molecule has 0 aliphatic heterocycles. The molecule has 1 fully saturated rings. The number of rotatable bonds is 5. The predicted octanol–water partition coefficient (Wildman–Crippen LogP) is 3.42. The molecule has 1 amide bonds. The Kier molecular flexibility index (Phi) is 5.27. The number of carbonyl (C=O) groups is 1. The maximum Gasteiger partial charge on any atom is 0.230 e. The fourth-order valence-electron chi connectivity index (χ4n) is 2.93. The SMILES string of the molecule is O=C(CSc1ncnc2ccccc12)NCC1CCCCC1. The summed E-state index contributed by atoms with van der Waals surface area (Å²) < 4.78 is 0. The maximum atomic E-state index is 12.0. The van der Waals surface area contributed by atoms with E-state index in [4.69, 9.17) is 0 Å². The first-order valence-corrected chi connectivity index (χ1v) is 8.91. The van der Waals surface area contributed by atoms with E-state index >= 15 is 0 Å². The molecule has 1 aromatic carbocycles. The van der Waals surface area contributed by atoms with Crippen LogP contribution in [0.2, 0.25) is 0 Å².